The highest BCUT2D eigenvalue weighted by Gasteiger charge is 2.17. The van der Waals surface area contributed by atoms with Gasteiger partial charge >= 0.3 is 0 Å². The van der Waals surface area contributed by atoms with E-state index < -0.39 is 0 Å². The van der Waals surface area contributed by atoms with Gasteiger partial charge in [0.15, 0.2) is 0 Å². The Balaban J connectivity index is 1.61. The Morgan fingerprint density at radius 3 is 2.62 bits per heavy atom. The quantitative estimate of drug-likeness (QED) is 0.841. The monoisotopic (exact) mass is 351 g/mol. The fraction of sp³-hybridized carbons (Fsp3) is 0.333. The Bertz CT molecular complexity index is 755. The van der Waals surface area contributed by atoms with Crippen LogP contribution in [-0.4, -0.2) is 38.5 Å². The Labute approximate surface area is 154 Å². The molecule has 2 aromatic rings. The lowest BCUT2D eigenvalue weighted by Gasteiger charge is -2.17. The van der Waals surface area contributed by atoms with Gasteiger partial charge in [-0.3, -0.25) is 9.59 Å². The number of amides is 2. The van der Waals surface area contributed by atoms with E-state index in [-0.39, 0.29) is 11.8 Å². The normalized spacial score (nSPS) is 16.3. The second-order valence-electron chi connectivity index (χ2n) is 6.68. The number of rotatable bonds is 6. The van der Waals surface area contributed by atoms with Crippen molar-refractivity contribution in [3.8, 4) is 0 Å². The molecule has 3 rings (SSSR count). The Morgan fingerprint density at radius 2 is 1.88 bits per heavy atom. The summed E-state index contributed by atoms with van der Waals surface area (Å²) in [6.45, 7) is 2.76. The molecule has 1 unspecified atom stereocenters. The molecule has 0 saturated carbocycles. The number of nitrogens with one attached hydrogen (secondary N) is 2. The number of nitrogens with zero attached hydrogens (tertiary/aromatic N) is 1. The number of hydrogen-bond donors (Lipinski definition) is 2. The van der Waals surface area contributed by atoms with E-state index in [2.05, 4.69) is 10.6 Å². The van der Waals surface area contributed by atoms with Gasteiger partial charge in [-0.15, -0.1) is 0 Å². The lowest BCUT2D eigenvalue weighted by atomic mass is 10.0. The van der Waals surface area contributed by atoms with Crippen LogP contribution in [-0.2, 0) is 0 Å². The minimum Gasteiger partial charge on any atom is -0.352 e. The van der Waals surface area contributed by atoms with E-state index in [1.165, 1.54) is 6.42 Å². The van der Waals surface area contributed by atoms with Crippen molar-refractivity contribution in [1.29, 1.82) is 0 Å². The van der Waals surface area contributed by atoms with Crippen LogP contribution in [0.3, 0.4) is 0 Å². The molecule has 136 valence electrons. The fourth-order valence-electron chi connectivity index (χ4n) is 3.21. The number of benzene rings is 2. The lowest BCUT2D eigenvalue weighted by molar-refractivity contribution is 0.0951. The summed E-state index contributed by atoms with van der Waals surface area (Å²) < 4.78 is 0. The average molecular weight is 351 g/mol. The molecule has 2 N–H and O–H groups in total. The minimum absolute atomic E-state index is 0.132. The molecule has 1 heterocycles. The molecular formula is C21H25N3O2. The zero-order chi connectivity index (χ0) is 18.4. The van der Waals surface area contributed by atoms with E-state index in [0.717, 1.165) is 25.2 Å². The molecule has 5 nitrogen and oxygen atoms in total. The zero-order valence-corrected chi connectivity index (χ0v) is 15.1. The van der Waals surface area contributed by atoms with Gasteiger partial charge in [0.05, 0.1) is 0 Å². The molecule has 0 aliphatic carbocycles. The molecule has 0 aromatic heterocycles. The van der Waals surface area contributed by atoms with Crippen molar-refractivity contribution >= 4 is 17.5 Å². The van der Waals surface area contributed by atoms with Crippen LogP contribution in [0.1, 0.15) is 33.6 Å². The standard InChI is InChI=1S/C21H25N3O2/c1-24(19-8-3-2-4-9-19)21(26)18-7-5-6-17(14-18)20(25)23-13-11-16-10-12-22-15-16/h2-9,14,16,22H,10-13,15H2,1H3,(H,23,25). The van der Waals surface area contributed by atoms with Crippen molar-refractivity contribution < 1.29 is 9.59 Å². The molecular weight excluding hydrogens is 326 g/mol. The van der Waals surface area contributed by atoms with Crippen LogP contribution >= 0.6 is 0 Å². The van der Waals surface area contributed by atoms with Crippen molar-refractivity contribution in [2.75, 3.05) is 31.6 Å². The SMILES string of the molecule is CN(C(=O)c1cccc(C(=O)NCCC2CCNC2)c1)c1ccccc1. The molecule has 0 radical (unpaired) electrons. The van der Waals surface area contributed by atoms with Gasteiger partial charge in [0.2, 0.25) is 0 Å². The summed E-state index contributed by atoms with van der Waals surface area (Å²) in [5.41, 5.74) is 1.84. The number of carbonyl (C=O) groups excluding carboxylic acids is 2. The highest BCUT2D eigenvalue weighted by molar-refractivity contribution is 6.07. The lowest BCUT2D eigenvalue weighted by Crippen LogP contribution is -2.28. The first-order chi connectivity index (χ1) is 12.6. The second-order valence-corrected chi connectivity index (χ2v) is 6.68. The topological polar surface area (TPSA) is 61.4 Å². The second kappa shape index (κ2) is 8.63. The first-order valence-corrected chi connectivity index (χ1v) is 9.07. The third kappa shape index (κ3) is 4.49. The van der Waals surface area contributed by atoms with E-state index in [1.54, 1.807) is 36.2 Å². The first-order valence-electron chi connectivity index (χ1n) is 9.07. The third-order valence-electron chi connectivity index (χ3n) is 4.82. The van der Waals surface area contributed by atoms with Crippen molar-refractivity contribution in [2.24, 2.45) is 5.92 Å². The van der Waals surface area contributed by atoms with Gasteiger partial charge in [-0.05, 0) is 62.2 Å². The molecule has 1 atom stereocenters. The van der Waals surface area contributed by atoms with Crippen molar-refractivity contribution in [3.63, 3.8) is 0 Å². The van der Waals surface area contributed by atoms with Crippen LogP contribution in [0.4, 0.5) is 5.69 Å². The number of anilines is 1. The van der Waals surface area contributed by atoms with Gasteiger partial charge in [0, 0.05) is 30.4 Å². The van der Waals surface area contributed by atoms with Gasteiger partial charge in [0.1, 0.15) is 0 Å². The molecule has 0 spiro atoms. The van der Waals surface area contributed by atoms with Gasteiger partial charge in [-0.2, -0.15) is 0 Å². The van der Waals surface area contributed by atoms with E-state index in [0.29, 0.717) is 23.6 Å². The molecule has 1 aliphatic heterocycles. The zero-order valence-electron chi connectivity index (χ0n) is 15.1. The maximum absolute atomic E-state index is 12.7. The summed E-state index contributed by atoms with van der Waals surface area (Å²) in [5.74, 6) is 0.374. The fourth-order valence-corrected chi connectivity index (χ4v) is 3.21. The largest absolute Gasteiger partial charge is 0.352 e. The molecule has 2 amide bonds. The van der Waals surface area contributed by atoms with Crippen LogP contribution in [0.5, 0.6) is 0 Å². The van der Waals surface area contributed by atoms with Crippen LogP contribution in [0.25, 0.3) is 0 Å². The highest BCUT2D eigenvalue weighted by Crippen LogP contribution is 2.16. The number of carbonyl (C=O) groups is 2. The van der Waals surface area contributed by atoms with Crippen LogP contribution in [0.15, 0.2) is 54.6 Å². The summed E-state index contributed by atoms with van der Waals surface area (Å²) in [6, 6.07) is 16.4. The van der Waals surface area contributed by atoms with Crippen LogP contribution in [0, 0.1) is 5.92 Å². The summed E-state index contributed by atoms with van der Waals surface area (Å²) in [5, 5.41) is 6.29. The first kappa shape index (κ1) is 18.1. The Kier molecular flexibility index (Phi) is 6.02. The maximum Gasteiger partial charge on any atom is 0.258 e. The Hall–Kier alpha value is -2.66. The minimum atomic E-state index is -0.136. The molecule has 2 aromatic carbocycles. The third-order valence-corrected chi connectivity index (χ3v) is 4.82. The molecule has 1 fully saturated rings. The summed E-state index contributed by atoms with van der Waals surface area (Å²) in [4.78, 5) is 26.7. The van der Waals surface area contributed by atoms with Crippen molar-refractivity contribution in [2.45, 2.75) is 12.8 Å². The van der Waals surface area contributed by atoms with E-state index in [9.17, 15) is 9.59 Å². The van der Waals surface area contributed by atoms with E-state index in [1.807, 2.05) is 30.3 Å². The van der Waals surface area contributed by atoms with Gasteiger partial charge < -0.3 is 15.5 Å². The molecule has 1 aliphatic rings. The Morgan fingerprint density at radius 1 is 1.12 bits per heavy atom. The predicted molar refractivity (Wildman–Crippen MR) is 104 cm³/mol. The number of para-hydroxylation sites is 1. The summed E-state index contributed by atoms with van der Waals surface area (Å²) in [6.07, 6.45) is 2.15. The maximum atomic E-state index is 12.7. The molecule has 26 heavy (non-hydrogen) atoms. The van der Waals surface area contributed by atoms with Crippen LogP contribution in [0.2, 0.25) is 0 Å². The summed E-state index contributed by atoms with van der Waals surface area (Å²) in [7, 11) is 1.74. The highest BCUT2D eigenvalue weighted by atomic mass is 16.2. The van der Waals surface area contributed by atoms with Gasteiger partial charge in [-0.1, -0.05) is 24.3 Å². The molecule has 1 saturated heterocycles. The summed E-state index contributed by atoms with van der Waals surface area (Å²) >= 11 is 0. The van der Waals surface area contributed by atoms with E-state index in [4.69, 9.17) is 0 Å². The average Bonchev–Trinajstić information content (AvgIpc) is 3.21. The molecule has 0 bridgehead atoms. The van der Waals surface area contributed by atoms with Gasteiger partial charge in [0.25, 0.3) is 11.8 Å². The smallest absolute Gasteiger partial charge is 0.258 e. The van der Waals surface area contributed by atoms with Crippen molar-refractivity contribution in [1.82, 2.24) is 10.6 Å². The van der Waals surface area contributed by atoms with Crippen molar-refractivity contribution in [3.05, 3.63) is 65.7 Å². The van der Waals surface area contributed by atoms with E-state index >= 15 is 0 Å². The van der Waals surface area contributed by atoms with Gasteiger partial charge in [-0.25, -0.2) is 0 Å². The van der Waals surface area contributed by atoms with Crippen LogP contribution < -0.4 is 15.5 Å². The predicted octanol–water partition coefficient (Wildman–Crippen LogP) is 2.69. The molecule has 5 heteroatoms. The number of hydrogen-bond acceptors (Lipinski definition) is 3.